The van der Waals surface area contributed by atoms with Gasteiger partial charge >= 0.3 is 0 Å². The van der Waals surface area contributed by atoms with Gasteiger partial charge in [0.05, 0.1) is 23.4 Å². The molecule has 0 radical (unpaired) electrons. The molecule has 0 atom stereocenters. The minimum absolute atomic E-state index is 0.209. The highest BCUT2D eigenvalue weighted by Gasteiger charge is 2.31. The zero-order chi connectivity index (χ0) is 24.4. The monoisotopic (exact) mass is 491 g/mol. The maximum atomic E-state index is 13.3. The van der Waals surface area contributed by atoms with E-state index in [1.165, 1.54) is 10.5 Å². The van der Waals surface area contributed by atoms with Crippen LogP contribution in [0, 0.1) is 0 Å². The van der Waals surface area contributed by atoms with E-state index in [0.717, 1.165) is 11.3 Å². The van der Waals surface area contributed by atoms with E-state index in [0.29, 0.717) is 23.6 Å². The van der Waals surface area contributed by atoms with Gasteiger partial charge in [-0.1, -0.05) is 30.3 Å². The maximum absolute atomic E-state index is 13.3. The van der Waals surface area contributed by atoms with E-state index in [4.69, 9.17) is 4.74 Å². The van der Waals surface area contributed by atoms with Crippen molar-refractivity contribution in [3.05, 3.63) is 78.6 Å². The topological polar surface area (TPSA) is 97.1 Å². The van der Waals surface area contributed by atoms with Gasteiger partial charge in [0.2, 0.25) is 10.0 Å². The predicted octanol–water partition coefficient (Wildman–Crippen LogP) is 2.94. The number of aromatic nitrogens is 3. The van der Waals surface area contributed by atoms with Crippen LogP contribution >= 0.6 is 0 Å². The molecule has 0 spiro atoms. The van der Waals surface area contributed by atoms with Crippen LogP contribution in [0.3, 0.4) is 0 Å². The van der Waals surface area contributed by atoms with Gasteiger partial charge in [-0.15, -0.1) is 0 Å². The SMILES string of the molecule is CCOc1ccc(S(=O)(=O)N2CCN(C(=O)c3cnn4c(-c5ccccc5)ccnc34)CC2)cc1. The lowest BCUT2D eigenvalue weighted by molar-refractivity contribution is 0.0699. The van der Waals surface area contributed by atoms with Crippen LogP contribution in [0.25, 0.3) is 16.9 Å². The molecule has 2 aromatic heterocycles. The van der Waals surface area contributed by atoms with E-state index < -0.39 is 10.0 Å². The number of piperazine rings is 1. The number of carbonyl (C=O) groups excluding carboxylic acids is 1. The summed E-state index contributed by atoms with van der Waals surface area (Å²) >= 11 is 0. The molecule has 180 valence electrons. The first-order valence-corrected chi connectivity index (χ1v) is 12.8. The Labute approximate surface area is 203 Å². The summed E-state index contributed by atoms with van der Waals surface area (Å²) in [6.45, 7) is 3.37. The molecule has 5 rings (SSSR count). The molecule has 0 unspecified atom stereocenters. The molecule has 10 heteroatoms. The Morgan fingerprint density at radius 3 is 2.37 bits per heavy atom. The number of carbonyl (C=O) groups is 1. The summed E-state index contributed by atoms with van der Waals surface area (Å²) in [6.07, 6.45) is 3.19. The van der Waals surface area contributed by atoms with Gasteiger partial charge in [-0.3, -0.25) is 4.79 Å². The van der Waals surface area contributed by atoms with Gasteiger partial charge in [-0.05, 0) is 37.3 Å². The molecule has 4 aromatic rings. The largest absolute Gasteiger partial charge is 0.494 e. The Kier molecular flexibility index (Phi) is 6.23. The summed E-state index contributed by atoms with van der Waals surface area (Å²) in [5, 5.41) is 4.42. The van der Waals surface area contributed by atoms with Crippen LogP contribution in [0.15, 0.2) is 78.0 Å². The second kappa shape index (κ2) is 9.47. The van der Waals surface area contributed by atoms with Crippen LogP contribution in [0.2, 0.25) is 0 Å². The van der Waals surface area contributed by atoms with Crippen LogP contribution in [-0.2, 0) is 10.0 Å². The zero-order valence-electron chi connectivity index (χ0n) is 19.2. The molecule has 0 bridgehead atoms. The van der Waals surface area contributed by atoms with Crippen molar-refractivity contribution in [2.24, 2.45) is 0 Å². The highest BCUT2D eigenvalue weighted by atomic mass is 32.2. The zero-order valence-corrected chi connectivity index (χ0v) is 20.1. The predicted molar refractivity (Wildman–Crippen MR) is 131 cm³/mol. The summed E-state index contributed by atoms with van der Waals surface area (Å²) in [5.74, 6) is 0.412. The van der Waals surface area contributed by atoms with Crippen LogP contribution in [0.5, 0.6) is 5.75 Å². The normalized spacial score (nSPS) is 14.8. The number of hydrogen-bond donors (Lipinski definition) is 0. The number of benzene rings is 2. The van der Waals surface area contributed by atoms with Gasteiger partial charge in [0.25, 0.3) is 5.91 Å². The van der Waals surface area contributed by atoms with Crippen LogP contribution < -0.4 is 4.74 Å². The van der Waals surface area contributed by atoms with Crippen molar-refractivity contribution in [2.75, 3.05) is 32.8 Å². The Morgan fingerprint density at radius 2 is 1.69 bits per heavy atom. The lowest BCUT2D eigenvalue weighted by Crippen LogP contribution is -2.50. The van der Waals surface area contributed by atoms with Gasteiger partial charge in [0.15, 0.2) is 5.65 Å². The summed E-state index contributed by atoms with van der Waals surface area (Å²) in [5.41, 5.74) is 2.67. The second-order valence-electron chi connectivity index (χ2n) is 8.09. The molecule has 0 N–H and O–H groups in total. The maximum Gasteiger partial charge on any atom is 0.259 e. The summed E-state index contributed by atoms with van der Waals surface area (Å²) < 4.78 is 34.6. The molecule has 35 heavy (non-hydrogen) atoms. The van der Waals surface area contributed by atoms with Gasteiger partial charge in [0.1, 0.15) is 11.3 Å². The minimum atomic E-state index is -3.66. The van der Waals surface area contributed by atoms with Crippen LogP contribution in [0.4, 0.5) is 0 Å². The molecule has 3 heterocycles. The summed E-state index contributed by atoms with van der Waals surface area (Å²) in [4.78, 5) is 19.6. The number of fused-ring (bicyclic) bond motifs is 1. The van der Waals surface area contributed by atoms with E-state index >= 15 is 0 Å². The second-order valence-corrected chi connectivity index (χ2v) is 10.0. The molecule has 0 aliphatic carbocycles. The smallest absolute Gasteiger partial charge is 0.259 e. The van der Waals surface area contributed by atoms with Crippen molar-refractivity contribution in [1.29, 1.82) is 0 Å². The van der Waals surface area contributed by atoms with Crippen molar-refractivity contribution < 1.29 is 17.9 Å². The first kappa shape index (κ1) is 23.0. The van der Waals surface area contributed by atoms with Crippen molar-refractivity contribution in [1.82, 2.24) is 23.8 Å². The van der Waals surface area contributed by atoms with E-state index in [1.807, 2.05) is 43.3 Å². The summed E-state index contributed by atoms with van der Waals surface area (Å²) in [6, 6.07) is 18.0. The molecule has 1 aliphatic heterocycles. The molecule has 1 aliphatic rings. The van der Waals surface area contributed by atoms with Gasteiger partial charge in [-0.25, -0.2) is 17.9 Å². The first-order valence-electron chi connectivity index (χ1n) is 11.4. The number of ether oxygens (including phenoxy) is 1. The lowest BCUT2D eigenvalue weighted by Gasteiger charge is -2.33. The number of amides is 1. The van der Waals surface area contributed by atoms with Crippen molar-refractivity contribution >= 4 is 21.6 Å². The molecule has 1 saturated heterocycles. The minimum Gasteiger partial charge on any atom is -0.494 e. The first-order chi connectivity index (χ1) is 17.0. The molecule has 1 fully saturated rings. The van der Waals surface area contributed by atoms with Gasteiger partial charge < -0.3 is 9.64 Å². The van der Waals surface area contributed by atoms with E-state index in [2.05, 4.69) is 10.1 Å². The third kappa shape index (κ3) is 4.38. The van der Waals surface area contributed by atoms with E-state index in [1.54, 1.807) is 39.9 Å². The summed E-state index contributed by atoms with van der Waals surface area (Å²) in [7, 11) is -3.66. The number of hydrogen-bond acceptors (Lipinski definition) is 6. The Morgan fingerprint density at radius 1 is 0.971 bits per heavy atom. The molecule has 0 saturated carbocycles. The standard InChI is InChI=1S/C25H25N5O4S/c1-2-34-20-8-10-21(11-9-20)35(32,33)29-16-14-28(15-17-29)25(31)22-18-27-30-23(12-13-26-24(22)30)19-6-4-3-5-7-19/h3-13,18H,2,14-17H2,1H3. The van der Waals surface area contributed by atoms with Crippen LogP contribution in [-0.4, -0.2) is 70.9 Å². The average Bonchev–Trinajstić information content (AvgIpc) is 3.34. The quantitative estimate of drug-likeness (QED) is 0.411. The van der Waals surface area contributed by atoms with Crippen LogP contribution in [0.1, 0.15) is 17.3 Å². The highest BCUT2D eigenvalue weighted by molar-refractivity contribution is 7.89. The van der Waals surface area contributed by atoms with Crippen molar-refractivity contribution in [3.8, 4) is 17.0 Å². The number of nitrogens with zero attached hydrogens (tertiary/aromatic N) is 5. The van der Waals surface area contributed by atoms with E-state index in [9.17, 15) is 13.2 Å². The number of sulfonamides is 1. The molecule has 1 amide bonds. The fourth-order valence-electron chi connectivity index (χ4n) is 4.20. The lowest BCUT2D eigenvalue weighted by atomic mass is 10.1. The third-order valence-corrected chi connectivity index (χ3v) is 7.91. The average molecular weight is 492 g/mol. The Hall–Kier alpha value is -3.76. The fourth-order valence-corrected chi connectivity index (χ4v) is 5.62. The van der Waals surface area contributed by atoms with E-state index in [-0.39, 0.29) is 37.0 Å². The highest BCUT2D eigenvalue weighted by Crippen LogP contribution is 2.24. The molecule has 9 nitrogen and oxygen atoms in total. The number of rotatable bonds is 6. The molecular weight excluding hydrogens is 466 g/mol. The Balaban J connectivity index is 1.31. The van der Waals surface area contributed by atoms with Crippen molar-refractivity contribution in [2.45, 2.75) is 11.8 Å². The third-order valence-electron chi connectivity index (χ3n) is 6.00. The fraction of sp³-hybridized carbons (Fsp3) is 0.240. The van der Waals surface area contributed by atoms with Crippen molar-refractivity contribution in [3.63, 3.8) is 0 Å². The van der Waals surface area contributed by atoms with Gasteiger partial charge in [-0.2, -0.15) is 9.40 Å². The Bertz CT molecular complexity index is 1440. The molecule has 2 aromatic carbocycles. The van der Waals surface area contributed by atoms with Gasteiger partial charge in [0, 0.05) is 37.9 Å². The molecular formula is C25H25N5O4S.